The van der Waals surface area contributed by atoms with Crippen LogP contribution in [0.15, 0.2) is 36.7 Å². The molecule has 4 rings (SSSR count). The van der Waals surface area contributed by atoms with Crippen LogP contribution in [0, 0.1) is 18.6 Å². The molecule has 0 saturated carbocycles. The third-order valence-corrected chi connectivity index (χ3v) is 5.06. The van der Waals surface area contributed by atoms with Crippen LogP contribution in [0.4, 0.5) is 14.6 Å². The van der Waals surface area contributed by atoms with Crippen molar-refractivity contribution in [1.82, 2.24) is 20.3 Å². The lowest BCUT2D eigenvalue weighted by Crippen LogP contribution is -2.49. The fourth-order valence-corrected chi connectivity index (χ4v) is 3.35. The first kappa shape index (κ1) is 21.6. The lowest BCUT2D eigenvalue weighted by molar-refractivity contribution is -0.120. The van der Waals surface area contributed by atoms with Crippen LogP contribution in [-0.2, 0) is 4.79 Å². The standard InChI is InChI=1S/C21H16ClF2N5O3/c1-10-3-4-12(14(24)5-10)17-13(22)8-25-18(28-17)20(30)27-15-9-32-16-6-11(23)7-26-19(16)29(2)21(15)31/h3-8,15H,9H2,1-2H3,(H,27,30)/t15-/m0/s1. The van der Waals surface area contributed by atoms with Gasteiger partial charge in [-0.1, -0.05) is 17.7 Å². The molecule has 164 valence electrons. The molecule has 1 aliphatic rings. The molecule has 1 atom stereocenters. The van der Waals surface area contributed by atoms with Gasteiger partial charge >= 0.3 is 0 Å². The minimum atomic E-state index is -1.12. The summed E-state index contributed by atoms with van der Waals surface area (Å²) < 4.78 is 33.3. The lowest BCUT2D eigenvalue weighted by Gasteiger charge is -2.19. The van der Waals surface area contributed by atoms with E-state index in [-0.39, 0.29) is 40.3 Å². The number of carbonyl (C=O) groups is 2. The second kappa shape index (κ2) is 8.46. The predicted octanol–water partition coefficient (Wildman–Crippen LogP) is 2.93. The van der Waals surface area contributed by atoms with Gasteiger partial charge in [0.2, 0.25) is 5.82 Å². The van der Waals surface area contributed by atoms with Crippen LogP contribution >= 0.6 is 11.6 Å². The van der Waals surface area contributed by atoms with Gasteiger partial charge in [-0.3, -0.25) is 14.5 Å². The Morgan fingerprint density at radius 3 is 2.78 bits per heavy atom. The molecule has 1 aliphatic heterocycles. The van der Waals surface area contributed by atoms with Gasteiger partial charge in [-0.05, 0) is 24.6 Å². The fraction of sp³-hybridized carbons (Fsp3) is 0.190. The molecule has 0 radical (unpaired) electrons. The Kier molecular flexibility index (Phi) is 5.70. The first-order valence-electron chi connectivity index (χ1n) is 9.40. The molecule has 3 heterocycles. The van der Waals surface area contributed by atoms with Crippen LogP contribution in [0.3, 0.4) is 0 Å². The molecule has 1 N–H and O–H groups in total. The van der Waals surface area contributed by atoms with Crippen molar-refractivity contribution in [2.24, 2.45) is 0 Å². The third kappa shape index (κ3) is 4.09. The molecule has 2 aromatic heterocycles. The summed E-state index contributed by atoms with van der Waals surface area (Å²) >= 11 is 6.13. The highest BCUT2D eigenvalue weighted by molar-refractivity contribution is 6.33. The Bertz CT molecular complexity index is 1240. The first-order valence-corrected chi connectivity index (χ1v) is 9.78. The molecule has 0 fully saturated rings. The Hall–Kier alpha value is -3.66. The minimum absolute atomic E-state index is 0.0388. The van der Waals surface area contributed by atoms with E-state index in [0.717, 1.165) is 17.2 Å². The highest BCUT2D eigenvalue weighted by Gasteiger charge is 2.32. The van der Waals surface area contributed by atoms with Crippen molar-refractivity contribution in [2.75, 3.05) is 18.6 Å². The molecule has 0 saturated heterocycles. The van der Waals surface area contributed by atoms with Gasteiger partial charge in [-0.15, -0.1) is 0 Å². The van der Waals surface area contributed by atoms with Crippen molar-refractivity contribution in [2.45, 2.75) is 13.0 Å². The molecule has 8 nitrogen and oxygen atoms in total. The van der Waals surface area contributed by atoms with Gasteiger partial charge in [0.05, 0.1) is 23.1 Å². The molecule has 0 aliphatic carbocycles. The van der Waals surface area contributed by atoms with Crippen molar-refractivity contribution in [3.8, 4) is 17.0 Å². The number of aryl methyl sites for hydroxylation is 1. The number of halogens is 3. The number of carbonyl (C=O) groups excluding carboxylic acids is 2. The van der Waals surface area contributed by atoms with E-state index in [9.17, 15) is 18.4 Å². The topological polar surface area (TPSA) is 97.3 Å². The highest BCUT2D eigenvalue weighted by Crippen LogP contribution is 2.29. The second-order valence-electron chi connectivity index (χ2n) is 7.08. The summed E-state index contributed by atoms with van der Waals surface area (Å²) in [5, 5.41) is 2.55. The lowest BCUT2D eigenvalue weighted by atomic mass is 10.1. The largest absolute Gasteiger partial charge is 0.487 e. The maximum atomic E-state index is 14.4. The van der Waals surface area contributed by atoms with Crippen molar-refractivity contribution >= 4 is 29.2 Å². The zero-order valence-electron chi connectivity index (χ0n) is 16.9. The maximum Gasteiger partial charge on any atom is 0.289 e. The first-order chi connectivity index (χ1) is 15.2. The summed E-state index contributed by atoms with van der Waals surface area (Å²) in [7, 11) is 1.43. The van der Waals surface area contributed by atoms with Gasteiger partial charge in [-0.2, -0.15) is 0 Å². The van der Waals surface area contributed by atoms with E-state index in [0.29, 0.717) is 5.56 Å². The molecule has 0 bridgehead atoms. The molecule has 1 aromatic carbocycles. The molecule has 0 unspecified atom stereocenters. The number of anilines is 1. The van der Waals surface area contributed by atoms with Crippen molar-refractivity contribution in [3.63, 3.8) is 0 Å². The van der Waals surface area contributed by atoms with Crippen LogP contribution in [0.5, 0.6) is 5.75 Å². The highest BCUT2D eigenvalue weighted by atomic mass is 35.5. The van der Waals surface area contributed by atoms with Gasteiger partial charge in [0.25, 0.3) is 11.8 Å². The van der Waals surface area contributed by atoms with E-state index in [4.69, 9.17) is 16.3 Å². The monoisotopic (exact) mass is 459 g/mol. The van der Waals surface area contributed by atoms with Crippen molar-refractivity contribution < 1.29 is 23.1 Å². The number of nitrogens with one attached hydrogen (secondary N) is 1. The molecular formula is C21H16ClF2N5O3. The number of fused-ring (bicyclic) bond motifs is 1. The summed E-state index contributed by atoms with van der Waals surface area (Å²) in [6.07, 6.45) is 2.14. The number of hydrogen-bond donors (Lipinski definition) is 1. The van der Waals surface area contributed by atoms with Crippen molar-refractivity contribution in [1.29, 1.82) is 0 Å². The van der Waals surface area contributed by atoms with Crippen LogP contribution in [0.1, 0.15) is 16.2 Å². The average Bonchev–Trinajstić information content (AvgIpc) is 2.86. The van der Waals surface area contributed by atoms with Gasteiger partial charge in [0.1, 0.15) is 24.3 Å². The third-order valence-electron chi connectivity index (χ3n) is 4.78. The number of ether oxygens (including phenoxy) is 1. The minimum Gasteiger partial charge on any atom is -0.487 e. The molecule has 11 heteroatoms. The smallest absolute Gasteiger partial charge is 0.289 e. The van der Waals surface area contributed by atoms with Crippen molar-refractivity contribution in [3.05, 3.63) is 64.7 Å². The molecular weight excluding hydrogens is 444 g/mol. The summed E-state index contributed by atoms with van der Waals surface area (Å²) in [4.78, 5) is 38.5. The van der Waals surface area contributed by atoms with Gasteiger partial charge in [-0.25, -0.2) is 23.7 Å². The number of aromatic nitrogens is 3. The Morgan fingerprint density at radius 1 is 1.25 bits per heavy atom. The van der Waals surface area contributed by atoms with E-state index >= 15 is 0 Å². The number of rotatable bonds is 3. The number of hydrogen-bond acceptors (Lipinski definition) is 6. The average molecular weight is 460 g/mol. The quantitative estimate of drug-likeness (QED) is 0.647. The second-order valence-corrected chi connectivity index (χ2v) is 7.49. The number of benzene rings is 1. The number of pyridine rings is 1. The van der Waals surface area contributed by atoms with Crippen LogP contribution in [0.2, 0.25) is 5.02 Å². The summed E-state index contributed by atoms with van der Waals surface area (Å²) in [5.41, 5.74) is 0.854. The summed E-state index contributed by atoms with van der Waals surface area (Å²) in [5.74, 6) is -2.64. The zero-order chi connectivity index (χ0) is 23.0. The van der Waals surface area contributed by atoms with E-state index < -0.39 is 29.5 Å². The zero-order valence-corrected chi connectivity index (χ0v) is 17.7. The van der Waals surface area contributed by atoms with Crippen LogP contribution in [0.25, 0.3) is 11.3 Å². The van der Waals surface area contributed by atoms with E-state index in [1.165, 1.54) is 25.4 Å². The van der Waals surface area contributed by atoms with Gasteiger partial charge in [0.15, 0.2) is 11.6 Å². The number of amides is 2. The molecule has 2 amide bonds. The van der Waals surface area contributed by atoms with E-state index in [2.05, 4.69) is 20.3 Å². The molecule has 32 heavy (non-hydrogen) atoms. The predicted molar refractivity (Wildman–Crippen MR) is 112 cm³/mol. The molecule has 3 aromatic rings. The van der Waals surface area contributed by atoms with Gasteiger partial charge in [0, 0.05) is 18.7 Å². The van der Waals surface area contributed by atoms with Gasteiger partial charge < -0.3 is 10.1 Å². The Labute approximate surface area is 186 Å². The Balaban J connectivity index is 1.59. The SMILES string of the molecule is Cc1ccc(-c2nc(C(=O)N[C@H]3COc4cc(F)cnc4N(C)C3=O)ncc2Cl)c(F)c1. The maximum absolute atomic E-state index is 14.4. The normalized spacial score (nSPS) is 15.6. The Morgan fingerprint density at radius 2 is 2.03 bits per heavy atom. The van der Waals surface area contributed by atoms with E-state index in [1.807, 2.05) is 0 Å². The van der Waals surface area contributed by atoms with Crippen LogP contribution < -0.4 is 15.0 Å². The summed E-state index contributed by atoms with van der Waals surface area (Å²) in [6, 6.07) is 4.48. The van der Waals surface area contributed by atoms with E-state index in [1.54, 1.807) is 13.0 Å². The number of nitrogens with zero attached hydrogens (tertiary/aromatic N) is 4. The number of likely N-dealkylation sites (N-methyl/N-ethyl adjacent to an activating group) is 1. The fourth-order valence-electron chi connectivity index (χ4n) is 3.16. The molecule has 0 spiro atoms. The van der Waals surface area contributed by atoms with Crippen LogP contribution in [-0.4, -0.2) is 46.5 Å². The summed E-state index contributed by atoms with van der Waals surface area (Å²) in [6.45, 7) is 1.47.